The van der Waals surface area contributed by atoms with Crippen LogP contribution in [0, 0.1) is 19.8 Å². The fraction of sp³-hybridized carbons (Fsp3) is 0.750. The average molecular weight is 279 g/mol. The standard InChI is InChI=1S/C16H29N3O/c1-7-8-15(20-6)16-18-12(4)14(13(5)19-16)10-17-9-11(2)3/h11,15,17H,7-10H2,1-6H3. The number of nitrogens with zero attached hydrogens (tertiary/aromatic N) is 2. The van der Waals surface area contributed by atoms with Crippen LogP contribution in [0.5, 0.6) is 0 Å². The average Bonchev–Trinajstić information content (AvgIpc) is 2.38. The fourth-order valence-electron chi connectivity index (χ4n) is 2.27. The van der Waals surface area contributed by atoms with Gasteiger partial charge in [-0.15, -0.1) is 0 Å². The summed E-state index contributed by atoms with van der Waals surface area (Å²) in [6.45, 7) is 12.5. The van der Waals surface area contributed by atoms with Gasteiger partial charge in [-0.2, -0.15) is 0 Å². The summed E-state index contributed by atoms with van der Waals surface area (Å²) < 4.78 is 5.50. The molecule has 1 heterocycles. The molecule has 0 aliphatic heterocycles. The molecular weight excluding hydrogens is 250 g/mol. The summed E-state index contributed by atoms with van der Waals surface area (Å²) in [5.41, 5.74) is 3.32. The summed E-state index contributed by atoms with van der Waals surface area (Å²) in [4.78, 5) is 9.29. The number of hydrogen-bond donors (Lipinski definition) is 1. The summed E-state index contributed by atoms with van der Waals surface area (Å²) >= 11 is 0. The van der Waals surface area contributed by atoms with Crippen LogP contribution >= 0.6 is 0 Å². The van der Waals surface area contributed by atoms with Gasteiger partial charge in [-0.3, -0.25) is 0 Å². The SMILES string of the molecule is CCCC(OC)c1nc(C)c(CNCC(C)C)c(C)n1. The van der Waals surface area contributed by atoms with Crippen molar-refractivity contribution in [1.82, 2.24) is 15.3 Å². The fourth-order valence-corrected chi connectivity index (χ4v) is 2.27. The van der Waals surface area contributed by atoms with Gasteiger partial charge in [0.2, 0.25) is 0 Å². The van der Waals surface area contributed by atoms with Crippen LogP contribution < -0.4 is 5.32 Å². The van der Waals surface area contributed by atoms with Crippen molar-refractivity contribution in [2.24, 2.45) is 5.92 Å². The number of ether oxygens (including phenoxy) is 1. The quantitative estimate of drug-likeness (QED) is 0.793. The lowest BCUT2D eigenvalue weighted by Gasteiger charge is -2.17. The largest absolute Gasteiger partial charge is 0.373 e. The Morgan fingerprint density at radius 2 is 1.75 bits per heavy atom. The van der Waals surface area contributed by atoms with Crippen molar-refractivity contribution in [3.63, 3.8) is 0 Å². The summed E-state index contributed by atoms with van der Waals surface area (Å²) in [5.74, 6) is 1.47. The minimum absolute atomic E-state index is 0.00933. The summed E-state index contributed by atoms with van der Waals surface area (Å²) in [5, 5.41) is 3.46. The zero-order chi connectivity index (χ0) is 15.1. The molecule has 0 fully saturated rings. The lowest BCUT2D eigenvalue weighted by atomic mass is 10.1. The van der Waals surface area contributed by atoms with Crippen molar-refractivity contribution in [2.45, 2.75) is 60.1 Å². The number of rotatable bonds is 8. The maximum atomic E-state index is 5.50. The zero-order valence-electron chi connectivity index (χ0n) is 13.8. The van der Waals surface area contributed by atoms with E-state index in [0.717, 1.165) is 43.1 Å². The Hall–Kier alpha value is -1.00. The minimum Gasteiger partial charge on any atom is -0.373 e. The second kappa shape index (κ2) is 8.32. The molecule has 0 amide bonds. The van der Waals surface area contributed by atoms with Crippen LogP contribution in [-0.4, -0.2) is 23.6 Å². The molecule has 0 bridgehead atoms. The van der Waals surface area contributed by atoms with E-state index in [2.05, 4.69) is 49.9 Å². The van der Waals surface area contributed by atoms with Gasteiger partial charge >= 0.3 is 0 Å². The molecule has 1 aromatic heterocycles. The Morgan fingerprint density at radius 1 is 1.15 bits per heavy atom. The molecule has 0 aromatic carbocycles. The molecular formula is C16H29N3O. The van der Waals surface area contributed by atoms with Gasteiger partial charge in [0.15, 0.2) is 5.82 Å². The zero-order valence-corrected chi connectivity index (χ0v) is 13.8. The van der Waals surface area contributed by atoms with Gasteiger partial charge in [0.05, 0.1) is 0 Å². The molecule has 4 heteroatoms. The second-order valence-corrected chi connectivity index (χ2v) is 5.77. The first-order valence-electron chi connectivity index (χ1n) is 7.57. The molecule has 0 aliphatic rings. The second-order valence-electron chi connectivity index (χ2n) is 5.77. The van der Waals surface area contributed by atoms with Gasteiger partial charge in [0, 0.05) is 30.6 Å². The van der Waals surface area contributed by atoms with Crippen LogP contribution in [0.25, 0.3) is 0 Å². The van der Waals surface area contributed by atoms with E-state index in [4.69, 9.17) is 4.74 Å². The van der Waals surface area contributed by atoms with Crippen LogP contribution in [-0.2, 0) is 11.3 Å². The Balaban J connectivity index is 2.85. The van der Waals surface area contributed by atoms with Gasteiger partial charge in [0.25, 0.3) is 0 Å². The van der Waals surface area contributed by atoms with E-state index < -0.39 is 0 Å². The minimum atomic E-state index is 0.00933. The molecule has 4 nitrogen and oxygen atoms in total. The number of aromatic nitrogens is 2. The summed E-state index contributed by atoms with van der Waals surface area (Å²) in [6, 6.07) is 0. The van der Waals surface area contributed by atoms with E-state index in [-0.39, 0.29) is 6.10 Å². The molecule has 0 saturated heterocycles. The molecule has 1 N–H and O–H groups in total. The lowest BCUT2D eigenvalue weighted by molar-refractivity contribution is 0.0872. The van der Waals surface area contributed by atoms with E-state index in [1.807, 2.05) is 0 Å². The maximum Gasteiger partial charge on any atom is 0.157 e. The topological polar surface area (TPSA) is 47.0 Å². The molecule has 1 atom stereocenters. The van der Waals surface area contributed by atoms with Crippen LogP contribution in [0.3, 0.4) is 0 Å². The van der Waals surface area contributed by atoms with Gasteiger partial charge in [-0.1, -0.05) is 27.2 Å². The third-order valence-corrected chi connectivity index (χ3v) is 3.42. The first-order valence-corrected chi connectivity index (χ1v) is 7.57. The van der Waals surface area contributed by atoms with Crippen molar-refractivity contribution in [2.75, 3.05) is 13.7 Å². The Morgan fingerprint density at radius 3 is 2.20 bits per heavy atom. The van der Waals surface area contributed by atoms with E-state index in [0.29, 0.717) is 5.92 Å². The van der Waals surface area contributed by atoms with E-state index in [9.17, 15) is 0 Å². The van der Waals surface area contributed by atoms with Gasteiger partial charge in [0.1, 0.15) is 6.10 Å². The van der Waals surface area contributed by atoms with Crippen molar-refractivity contribution < 1.29 is 4.74 Å². The summed E-state index contributed by atoms with van der Waals surface area (Å²) in [7, 11) is 1.73. The number of hydrogen-bond acceptors (Lipinski definition) is 4. The first-order chi connectivity index (χ1) is 9.49. The highest BCUT2D eigenvalue weighted by Crippen LogP contribution is 2.21. The molecule has 1 unspecified atom stereocenters. The molecule has 20 heavy (non-hydrogen) atoms. The van der Waals surface area contributed by atoms with E-state index in [1.54, 1.807) is 7.11 Å². The lowest BCUT2D eigenvalue weighted by Crippen LogP contribution is -2.21. The number of aryl methyl sites for hydroxylation is 2. The predicted molar refractivity (Wildman–Crippen MR) is 82.7 cm³/mol. The Kier molecular flexibility index (Phi) is 7.10. The van der Waals surface area contributed by atoms with Crippen LogP contribution in [0.4, 0.5) is 0 Å². The molecule has 0 spiro atoms. The van der Waals surface area contributed by atoms with Crippen molar-refractivity contribution in [3.8, 4) is 0 Å². The predicted octanol–water partition coefficient (Wildman–Crippen LogP) is 3.33. The van der Waals surface area contributed by atoms with Crippen molar-refractivity contribution in [1.29, 1.82) is 0 Å². The normalized spacial score (nSPS) is 12.9. The van der Waals surface area contributed by atoms with E-state index >= 15 is 0 Å². The highest BCUT2D eigenvalue weighted by molar-refractivity contribution is 5.24. The molecule has 0 saturated carbocycles. The van der Waals surface area contributed by atoms with E-state index in [1.165, 1.54) is 5.56 Å². The Labute approximate surface area is 123 Å². The molecule has 0 radical (unpaired) electrons. The monoisotopic (exact) mass is 279 g/mol. The smallest absolute Gasteiger partial charge is 0.157 e. The van der Waals surface area contributed by atoms with Crippen molar-refractivity contribution in [3.05, 3.63) is 22.8 Å². The van der Waals surface area contributed by atoms with Crippen molar-refractivity contribution >= 4 is 0 Å². The molecule has 0 aliphatic carbocycles. The maximum absolute atomic E-state index is 5.50. The highest BCUT2D eigenvalue weighted by atomic mass is 16.5. The number of nitrogens with one attached hydrogen (secondary N) is 1. The van der Waals surface area contributed by atoms with Crippen LogP contribution in [0.15, 0.2) is 0 Å². The summed E-state index contributed by atoms with van der Waals surface area (Å²) in [6.07, 6.45) is 2.04. The third-order valence-electron chi connectivity index (χ3n) is 3.42. The van der Waals surface area contributed by atoms with Crippen LogP contribution in [0.2, 0.25) is 0 Å². The molecule has 1 aromatic rings. The molecule has 1 rings (SSSR count). The molecule has 114 valence electrons. The van der Waals surface area contributed by atoms with Gasteiger partial charge in [-0.05, 0) is 32.7 Å². The highest BCUT2D eigenvalue weighted by Gasteiger charge is 2.16. The Bertz CT molecular complexity index is 395. The number of methoxy groups -OCH3 is 1. The third kappa shape index (κ3) is 4.84. The van der Waals surface area contributed by atoms with Crippen LogP contribution in [0.1, 0.15) is 62.5 Å². The van der Waals surface area contributed by atoms with Gasteiger partial charge < -0.3 is 10.1 Å². The first kappa shape index (κ1) is 17.1. The van der Waals surface area contributed by atoms with Gasteiger partial charge in [-0.25, -0.2) is 9.97 Å².